The zero-order valence-corrected chi connectivity index (χ0v) is 39.6. The first-order valence-electron chi connectivity index (χ1n) is 24.4. The Morgan fingerprint density at radius 3 is 1.38 bits per heavy atom. The van der Waals surface area contributed by atoms with Crippen molar-refractivity contribution in [2.24, 2.45) is 11.8 Å². The van der Waals surface area contributed by atoms with Gasteiger partial charge in [0.1, 0.15) is 0 Å². The van der Waals surface area contributed by atoms with Crippen LogP contribution in [-0.4, -0.2) is 11.7 Å². The van der Waals surface area contributed by atoms with E-state index in [0.717, 1.165) is 28.8 Å². The van der Waals surface area contributed by atoms with Gasteiger partial charge in [-0.25, -0.2) is 4.98 Å². The topological polar surface area (TPSA) is 16.1 Å². The minimum atomic E-state index is 0.120. The molecular formula is C63H61BN2. The van der Waals surface area contributed by atoms with E-state index in [0.29, 0.717) is 0 Å². The number of anilines is 3. The SMILES string of the molecule is Cc1cc(C)c(B(c2cccc(-c3cccc(-c4ccc(C56CC7CC(C5)CC(c5ccc(N(c8ccccc8)c8ccccc8)cc5)(C7)C6)cc4)n3)c2)c2c(C)cc(C)cc2C)c(C)c1. The maximum atomic E-state index is 5.38. The summed E-state index contributed by atoms with van der Waals surface area (Å²) in [6.07, 6.45) is 7.89. The van der Waals surface area contributed by atoms with Crippen LogP contribution in [0, 0.1) is 53.4 Å². The second kappa shape index (κ2) is 16.8. The van der Waals surface area contributed by atoms with Crippen molar-refractivity contribution in [2.75, 3.05) is 4.90 Å². The highest BCUT2D eigenvalue weighted by molar-refractivity contribution is 6.96. The van der Waals surface area contributed by atoms with Crippen molar-refractivity contribution in [3.63, 3.8) is 0 Å². The molecule has 2 nitrogen and oxygen atoms in total. The van der Waals surface area contributed by atoms with E-state index >= 15 is 0 Å². The van der Waals surface area contributed by atoms with Gasteiger partial charge < -0.3 is 4.90 Å². The average molecular weight is 857 g/mol. The van der Waals surface area contributed by atoms with Gasteiger partial charge in [0.05, 0.1) is 11.4 Å². The molecule has 4 bridgehead atoms. The number of para-hydroxylation sites is 2. The third-order valence-corrected chi connectivity index (χ3v) is 15.9. The van der Waals surface area contributed by atoms with E-state index in [9.17, 15) is 0 Å². The molecular weight excluding hydrogens is 796 g/mol. The van der Waals surface area contributed by atoms with Crippen LogP contribution in [0.15, 0.2) is 176 Å². The van der Waals surface area contributed by atoms with Crippen LogP contribution in [0.25, 0.3) is 22.5 Å². The summed E-state index contributed by atoms with van der Waals surface area (Å²) in [5.74, 6) is 1.56. The number of aryl methyl sites for hydroxylation is 6. The summed E-state index contributed by atoms with van der Waals surface area (Å²) >= 11 is 0. The van der Waals surface area contributed by atoms with Gasteiger partial charge in [0, 0.05) is 22.6 Å². The number of benzene rings is 7. The van der Waals surface area contributed by atoms with Crippen LogP contribution in [-0.2, 0) is 10.8 Å². The minimum Gasteiger partial charge on any atom is -0.311 e. The van der Waals surface area contributed by atoms with Crippen LogP contribution < -0.4 is 21.3 Å². The van der Waals surface area contributed by atoms with Crippen LogP contribution >= 0.6 is 0 Å². The molecule has 4 fully saturated rings. The summed E-state index contributed by atoms with van der Waals surface area (Å²) in [6.45, 7) is 13.7. The molecule has 8 aromatic rings. The molecule has 66 heavy (non-hydrogen) atoms. The molecule has 4 saturated carbocycles. The molecule has 0 saturated heterocycles. The zero-order valence-electron chi connectivity index (χ0n) is 39.6. The Labute approximate surface area is 393 Å². The maximum Gasteiger partial charge on any atom is 0.242 e. The Hall–Kier alpha value is -6.45. The van der Waals surface area contributed by atoms with Gasteiger partial charge in [0.2, 0.25) is 6.71 Å². The number of nitrogens with zero attached hydrogens (tertiary/aromatic N) is 2. The van der Waals surface area contributed by atoms with Gasteiger partial charge in [-0.1, -0.05) is 177 Å². The van der Waals surface area contributed by atoms with Gasteiger partial charge in [-0.3, -0.25) is 0 Å². The lowest BCUT2D eigenvalue weighted by molar-refractivity contribution is -0.0281. The van der Waals surface area contributed by atoms with Crippen LogP contribution in [0.4, 0.5) is 17.1 Å². The summed E-state index contributed by atoms with van der Waals surface area (Å²) in [5.41, 5.74) is 23.6. The molecule has 0 N–H and O–H groups in total. The third kappa shape index (κ3) is 7.61. The Balaban J connectivity index is 0.883. The van der Waals surface area contributed by atoms with Crippen LogP contribution in [0.1, 0.15) is 83.0 Å². The largest absolute Gasteiger partial charge is 0.311 e. The predicted molar refractivity (Wildman–Crippen MR) is 280 cm³/mol. The number of hydrogen-bond donors (Lipinski definition) is 0. The van der Waals surface area contributed by atoms with E-state index in [4.69, 9.17) is 4.98 Å². The predicted octanol–water partition coefficient (Wildman–Crippen LogP) is 14.0. The lowest BCUT2D eigenvalue weighted by atomic mass is 9.34. The lowest BCUT2D eigenvalue weighted by Gasteiger charge is -2.63. The van der Waals surface area contributed by atoms with Gasteiger partial charge in [-0.15, -0.1) is 0 Å². The second-order valence-electron chi connectivity index (χ2n) is 20.7. The first kappa shape index (κ1) is 42.2. The molecule has 2 atom stereocenters. The normalized spacial score (nSPS) is 20.6. The summed E-state index contributed by atoms with van der Waals surface area (Å²) in [6, 6.07) is 66.0. The Morgan fingerprint density at radius 1 is 0.439 bits per heavy atom. The quantitative estimate of drug-likeness (QED) is 0.127. The first-order chi connectivity index (χ1) is 32.0. The highest BCUT2D eigenvalue weighted by atomic mass is 15.1. The fourth-order valence-corrected chi connectivity index (χ4v) is 13.9. The highest BCUT2D eigenvalue weighted by Gasteiger charge is 2.58. The second-order valence-corrected chi connectivity index (χ2v) is 20.7. The fraction of sp³-hybridized carbons (Fsp3) is 0.254. The van der Waals surface area contributed by atoms with E-state index in [-0.39, 0.29) is 17.5 Å². The molecule has 1 aromatic heterocycles. The van der Waals surface area contributed by atoms with Crippen LogP contribution in [0.2, 0.25) is 0 Å². The van der Waals surface area contributed by atoms with E-state index in [1.54, 1.807) is 0 Å². The van der Waals surface area contributed by atoms with Crippen molar-refractivity contribution in [1.29, 1.82) is 0 Å². The van der Waals surface area contributed by atoms with Gasteiger partial charge in [0.25, 0.3) is 0 Å². The average Bonchev–Trinajstić information content (AvgIpc) is 3.31. The van der Waals surface area contributed by atoms with Crippen molar-refractivity contribution >= 4 is 40.2 Å². The summed E-state index contributed by atoms with van der Waals surface area (Å²) in [5, 5.41) is 0. The molecule has 0 radical (unpaired) electrons. The molecule has 1 heterocycles. The monoisotopic (exact) mass is 856 g/mol. The van der Waals surface area contributed by atoms with Crippen molar-refractivity contribution < 1.29 is 0 Å². The van der Waals surface area contributed by atoms with Crippen LogP contribution in [0.3, 0.4) is 0 Å². The molecule has 326 valence electrons. The fourth-order valence-electron chi connectivity index (χ4n) is 13.9. The Kier molecular flexibility index (Phi) is 10.7. The van der Waals surface area contributed by atoms with Crippen molar-refractivity contribution in [2.45, 2.75) is 90.9 Å². The number of aromatic nitrogens is 1. The van der Waals surface area contributed by atoms with Crippen molar-refractivity contribution in [3.8, 4) is 22.5 Å². The van der Waals surface area contributed by atoms with E-state index in [1.165, 1.54) is 122 Å². The molecule has 12 rings (SSSR count). The molecule has 4 aliphatic carbocycles. The van der Waals surface area contributed by atoms with Gasteiger partial charge in [-0.2, -0.15) is 0 Å². The molecule has 7 aromatic carbocycles. The molecule has 2 unspecified atom stereocenters. The number of pyridine rings is 1. The lowest BCUT2D eigenvalue weighted by Crippen LogP contribution is -2.55. The summed E-state index contributed by atoms with van der Waals surface area (Å²) in [7, 11) is 0. The van der Waals surface area contributed by atoms with Gasteiger partial charge in [-0.05, 0) is 168 Å². The molecule has 3 heteroatoms. The van der Waals surface area contributed by atoms with Crippen LogP contribution in [0.5, 0.6) is 0 Å². The Morgan fingerprint density at radius 2 is 0.879 bits per heavy atom. The summed E-state index contributed by atoms with van der Waals surface area (Å²) < 4.78 is 0. The van der Waals surface area contributed by atoms with E-state index in [1.807, 2.05) is 0 Å². The smallest absolute Gasteiger partial charge is 0.242 e. The van der Waals surface area contributed by atoms with E-state index < -0.39 is 0 Å². The number of rotatable bonds is 10. The molecule has 0 aliphatic heterocycles. The summed E-state index contributed by atoms with van der Waals surface area (Å²) in [4.78, 5) is 7.76. The third-order valence-electron chi connectivity index (χ3n) is 15.9. The van der Waals surface area contributed by atoms with E-state index in [2.05, 4.69) is 222 Å². The maximum absolute atomic E-state index is 5.38. The zero-order chi connectivity index (χ0) is 45.2. The first-order valence-corrected chi connectivity index (χ1v) is 24.4. The molecule has 4 aliphatic rings. The highest BCUT2D eigenvalue weighted by Crippen LogP contribution is 2.66. The minimum absolute atomic E-state index is 0.120. The molecule has 0 spiro atoms. The van der Waals surface area contributed by atoms with Gasteiger partial charge in [0.15, 0.2) is 0 Å². The Bertz CT molecular complexity index is 2900. The van der Waals surface area contributed by atoms with Gasteiger partial charge >= 0.3 is 0 Å². The van der Waals surface area contributed by atoms with Crippen molar-refractivity contribution in [3.05, 3.63) is 220 Å². The standard InChI is InChI=1S/C63H61BN2/c1-42-31-44(3)60(45(4)32-42)64(61-46(5)33-43(2)34-47(61)6)54-16-13-15-51(36-54)59-22-14-21-58(65-59)50-23-25-52(26-24-50)62-37-48-35-49(38-62)40-63(39-48,41-62)53-27-29-57(30-28-53)66(55-17-9-7-10-18-55)56-19-11-8-12-20-56/h7-34,36,48-49H,35,37-41H2,1-6H3. The van der Waals surface area contributed by atoms with Crippen molar-refractivity contribution in [1.82, 2.24) is 4.98 Å². The number of hydrogen-bond acceptors (Lipinski definition) is 2. The molecule has 0 amide bonds.